The van der Waals surface area contributed by atoms with Gasteiger partial charge < -0.3 is 9.64 Å². The van der Waals surface area contributed by atoms with Crippen LogP contribution in [0.4, 0.5) is 14.9 Å². The maximum absolute atomic E-state index is 13.3. The van der Waals surface area contributed by atoms with Gasteiger partial charge in [0.1, 0.15) is 5.82 Å². The van der Waals surface area contributed by atoms with E-state index in [1.165, 1.54) is 53.4 Å². The Morgan fingerprint density at radius 1 is 1.14 bits per heavy atom. The third-order valence-electron chi connectivity index (χ3n) is 4.55. The van der Waals surface area contributed by atoms with Gasteiger partial charge in [-0.15, -0.1) is 0 Å². The van der Waals surface area contributed by atoms with Crippen LogP contribution in [0.1, 0.15) is 16.1 Å². The molecule has 0 atom stereocenters. The van der Waals surface area contributed by atoms with Crippen molar-refractivity contribution in [1.82, 2.24) is 9.88 Å². The summed E-state index contributed by atoms with van der Waals surface area (Å²) in [7, 11) is -1.87. The first-order valence-electron chi connectivity index (χ1n) is 8.85. The molecule has 2 aromatic rings. The molecule has 0 aliphatic carbocycles. The van der Waals surface area contributed by atoms with Crippen LogP contribution in [0.15, 0.2) is 42.6 Å². The Morgan fingerprint density at radius 3 is 2.34 bits per heavy atom. The molecule has 3 rings (SSSR count). The van der Waals surface area contributed by atoms with Gasteiger partial charge in [-0.05, 0) is 36.4 Å². The van der Waals surface area contributed by atoms with E-state index >= 15 is 0 Å². The standard InChI is InChI=1S/C19H20FN3O5S/c1-28-18(24)14-2-5-16(21-12-14)13-23(17-6-3-15(20)4-7-17)19(25)22-8-10-29(26,27)11-9-22/h2-7,12H,8-11,13H2,1H3. The molecule has 0 unspecified atom stereocenters. The van der Waals surface area contributed by atoms with Crippen LogP contribution >= 0.6 is 0 Å². The molecule has 8 nitrogen and oxygen atoms in total. The fourth-order valence-corrected chi connectivity index (χ4v) is 4.08. The van der Waals surface area contributed by atoms with Crippen LogP contribution < -0.4 is 4.90 Å². The van der Waals surface area contributed by atoms with Gasteiger partial charge in [0.15, 0.2) is 9.84 Å². The van der Waals surface area contributed by atoms with Crippen molar-refractivity contribution in [2.24, 2.45) is 0 Å². The summed E-state index contributed by atoms with van der Waals surface area (Å²) in [5.41, 5.74) is 1.22. The van der Waals surface area contributed by atoms with Crippen molar-refractivity contribution < 1.29 is 27.1 Å². The minimum atomic E-state index is -3.14. The summed E-state index contributed by atoms with van der Waals surface area (Å²) in [6.45, 7) is 0.246. The molecule has 1 saturated heterocycles. The molecule has 0 spiro atoms. The van der Waals surface area contributed by atoms with Crippen LogP contribution in [0.5, 0.6) is 0 Å². The Balaban J connectivity index is 1.84. The molecule has 0 saturated carbocycles. The molecule has 2 amide bonds. The molecule has 10 heteroatoms. The number of aromatic nitrogens is 1. The van der Waals surface area contributed by atoms with E-state index in [2.05, 4.69) is 9.72 Å². The quantitative estimate of drug-likeness (QED) is 0.699. The topological polar surface area (TPSA) is 96.9 Å². The predicted octanol–water partition coefficient (Wildman–Crippen LogP) is 1.86. The Labute approximate surface area is 167 Å². The second kappa shape index (κ2) is 8.56. The van der Waals surface area contributed by atoms with Crippen molar-refractivity contribution >= 4 is 27.5 Å². The summed E-state index contributed by atoms with van der Waals surface area (Å²) in [6.07, 6.45) is 1.35. The number of anilines is 1. The summed E-state index contributed by atoms with van der Waals surface area (Å²) < 4.78 is 41.3. The fourth-order valence-electron chi connectivity index (χ4n) is 2.88. The number of rotatable bonds is 4. The Bertz CT molecular complexity index is 980. The molecule has 2 heterocycles. The van der Waals surface area contributed by atoms with E-state index in [0.29, 0.717) is 11.4 Å². The van der Waals surface area contributed by atoms with Crippen molar-refractivity contribution in [1.29, 1.82) is 0 Å². The second-order valence-electron chi connectivity index (χ2n) is 6.51. The maximum Gasteiger partial charge on any atom is 0.339 e. The number of nitrogens with zero attached hydrogens (tertiary/aromatic N) is 3. The number of urea groups is 1. The SMILES string of the molecule is COC(=O)c1ccc(CN(C(=O)N2CCS(=O)(=O)CC2)c2ccc(F)cc2)nc1. The molecule has 1 aromatic carbocycles. The molecule has 1 aromatic heterocycles. The number of pyridine rings is 1. The number of benzene rings is 1. The lowest BCUT2D eigenvalue weighted by Crippen LogP contribution is -2.49. The largest absolute Gasteiger partial charge is 0.465 e. The predicted molar refractivity (Wildman–Crippen MR) is 104 cm³/mol. The van der Waals surface area contributed by atoms with Gasteiger partial charge in [-0.25, -0.2) is 22.4 Å². The first kappa shape index (κ1) is 20.7. The lowest BCUT2D eigenvalue weighted by atomic mass is 10.2. The number of sulfone groups is 1. The van der Waals surface area contributed by atoms with Crippen molar-refractivity contribution in [2.75, 3.05) is 36.6 Å². The summed E-state index contributed by atoms with van der Waals surface area (Å²) >= 11 is 0. The third kappa shape index (κ3) is 5.08. The van der Waals surface area contributed by atoms with Gasteiger partial charge in [-0.1, -0.05) is 0 Å². The molecular formula is C19H20FN3O5S. The smallest absolute Gasteiger partial charge is 0.339 e. The van der Waals surface area contributed by atoms with E-state index in [9.17, 15) is 22.4 Å². The monoisotopic (exact) mass is 421 g/mol. The number of hydrogen-bond acceptors (Lipinski definition) is 6. The summed E-state index contributed by atoms with van der Waals surface area (Å²) in [5, 5.41) is 0. The van der Waals surface area contributed by atoms with Gasteiger partial charge in [0.2, 0.25) is 0 Å². The minimum Gasteiger partial charge on any atom is -0.465 e. The van der Waals surface area contributed by atoms with Crippen LogP contribution in [-0.2, 0) is 21.1 Å². The Hall–Kier alpha value is -3.01. The minimum absolute atomic E-state index is 0.0647. The van der Waals surface area contributed by atoms with Gasteiger partial charge >= 0.3 is 12.0 Å². The number of carbonyl (C=O) groups is 2. The zero-order chi connectivity index (χ0) is 21.0. The Morgan fingerprint density at radius 2 is 1.79 bits per heavy atom. The first-order chi connectivity index (χ1) is 13.8. The normalized spacial score (nSPS) is 15.6. The van der Waals surface area contributed by atoms with Crippen molar-refractivity contribution in [3.05, 3.63) is 59.7 Å². The van der Waals surface area contributed by atoms with Crippen LogP contribution in [-0.4, -0.2) is 62.0 Å². The van der Waals surface area contributed by atoms with Gasteiger partial charge in [0.05, 0.1) is 36.4 Å². The number of carbonyl (C=O) groups excluding carboxylic acids is 2. The number of ether oxygens (including phenoxy) is 1. The number of hydrogen-bond donors (Lipinski definition) is 0. The lowest BCUT2D eigenvalue weighted by molar-refractivity contribution is 0.0600. The highest BCUT2D eigenvalue weighted by Gasteiger charge is 2.29. The average Bonchev–Trinajstić information content (AvgIpc) is 2.72. The highest BCUT2D eigenvalue weighted by Crippen LogP contribution is 2.20. The summed E-state index contributed by atoms with van der Waals surface area (Å²) in [6, 6.07) is 8.15. The van der Waals surface area contributed by atoms with E-state index in [-0.39, 0.29) is 36.7 Å². The van der Waals surface area contributed by atoms with Crippen LogP contribution in [0.25, 0.3) is 0 Å². The van der Waals surface area contributed by atoms with E-state index in [1.807, 2.05) is 0 Å². The highest BCUT2D eigenvalue weighted by molar-refractivity contribution is 7.91. The zero-order valence-corrected chi connectivity index (χ0v) is 16.6. The lowest BCUT2D eigenvalue weighted by Gasteiger charge is -2.32. The van der Waals surface area contributed by atoms with Crippen LogP contribution in [0.2, 0.25) is 0 Å². The molecule has 29 heavy (non-hydrogen) atoms. The molecule has 0 radical (unpaired) electrons. The van der Waals surface area contributed by atoms with Crippen molar-refractivity contribution in [3.8, 4) is 0 Å². The van der Waals surface area contributed by atoms with E-state index in [0.717, 1.165) is 0 Å². The summed E-state index contributed by atoms with van der Waals surface area (Å²) in [5.74, 6) is -1.15. The van der Waals surface area contributed by atoms with Crippen molar-refractivity contribution in [3.63, 3.8) is 0 Å². The van der Waals surface area contributed by atoms with Crippen LogP contribution in [0, 0.1) is 5.82 Å². The zero-order valence-electron chi connectivity index (χ0n) is 15.7. The van der Waals surface area contributed by atoms with Gasteiger partial charge in [-0.3, -0.25) is 9.88 Å². The Kier molecular flexibility index (Phi) is 6.12. The van der Waals surface area contributed by atoms with Gasteiger partial charge in [0.25, 0.3) is 0 Å². The van der Waals surface area contributed by atoms with E-state index in [1.54, 1.807) is 6.07 Å². The van der Waals surface area contributed by atoms with Crippen LogP contribution in [0.3, 0.4) is 0 Å². The molecule has 0 bridgehead atoms. The number of esters is 1. The average molecular weight is 421 g/mol. The molecule has 0 N–H and O–H groups in total. The molecule has 1 fully saturated rings. The molecule has 154 valence electrons. The molecule has 1 aliphatic heterocycles. The highest BCUT2D eigenvalue weighted by atomic mass is 32.2. The fraction of sp³-hybridized carbons (Fsp3) is 0.316. The number of methoxy groups -OCH3 is 1. The first-order valence-corrected chi connectivity index (χ1v) is 10.7. The van der Waals surface area contributed by atoms with E-state index < -0.39 is 27.7 Å². The number of halogens is 1. The second-order valence-corrected chi connectivity index (χ2v) is 8.82. The summed E-state index contributed by atoms with van der Waals surface area (Å²) in [4.78, 5) is 31.7. The van der Waals surface area contributed by atoms with Gasteiger partial charge in [-0.2, -0.15) is 0 Å². The molecular weight excluding hydrogens is 401 g/mol. The van der Waals surface area contributed by atoms with Gasteiger partial charge in [0, 0.05) is 25.0 Å². The van der Waals surface area contributed by atoms with E-state index in [4.69, 9.17) is 0 Å². The number of amides is 2. The third-order valence-corrected chi connectivity index (χ3v) is 6.16. The van der Waals surface area contributed by atoms with Crippen molar-refractivity contribution in [2.45, 2.75) is 6.54 Å². The maximum atomic E-state index is 13.3. The molecule has 1 aliphatic rings.